The average molecular weight is 283 g/mol. The molecule has 0 aliphatic rings. The van der Waals surface area contributed by atoms with Crippen molar-refractivity contribution in [2.75, 3.05) is 18.5 Å². The van der Waals surface area contributed by atoms with Crippen molar-refractivity contribution >= 4 is 17.5 Å². The standard InChI is InChI=1S/C12H17N3O5/c1-12(2,3-4-16)7-14-10-9(15(19)20)5-8(6-13-10)11(17)18/h5-6,16H,3-4,7H2,1-2H3,(H,13,14)(H,17,18). The molecule has 1 heterocycles. The maximum atomic E-state index is 10.9. The van der Waals surface area contributed by atoms with Gasteiger partial charge in [0, 0.05) is 25.4 Å². The highest BCUT2D eigenvalue weighted by atomic mass is 16.6. The molecule has 20 heavy (non-hydrogen) atoms. The largest absolute Gasteiger partial charge is 0.478 e. The van der Waals surface area contributed by atoms with Crippen LogP contribution in [0.1, 0.15) is 30.6 Å². The Morgan fingerprint density at radius 3 is 2.70 bits per heavy atom. The number of nitrogens with one attached hydrogen (secondary N) is 1. The Hall–Kier alpha value is -2.22. The van der Waals surface area contributed by atoms with Crippen molar-refractivity contribution in [1.29, 1.82) is 0 Å². The number of carboxylic acids is 1. The van der Waals surface area contributed by atoms with E-state index in [1.807, 2.05) is 13.8 Å². The zero-order valence-electron chi connectivity index (χ0n) is 11.3. The number of hydrogen-bond donors (Lipinski definition) is 3. The normalized spacial score (nSPS) is 11.2. The van der Waals surface area contributed by atoms with Crippen LogP contribution in [-0.2, 0) is 0 Å². The van der Waals surface area contributed by atoms with Gasteiger partial charge in [0.25, 0.3) is 0 Å². The van der Waals surface area contributed by atoms with Gasteiger partial charge in [0.15, 0.2) is 0 Å². The van der Waals surface area contributed by atoms with Gasteiger partial charge in [-0.05, 0) is 11.8 Å². The van der Waals surface area contributed by atoms with Gasteiger partial charge in [0.05, 0.1) is 10.5 Å². The summed E-state index contributed by atoms with van der Waals surface area (Å²) in [4.78, 5) is 24.8. The zero-order chi connectivity index (χ0) is 15.3. The van der Waals surface area contributed by atoms with Crippen LogP contribution >= 0.6 is 0 Å². The first-order valence-corrected chi connectivity index (χ1v) is 5.99. The van der Waals surface area contributed by atoms with Crippen molar-refractivity contribution in [3.8, 4) is 0 Å². The van der Waals surface area contributed by atoms with E-state index in [2.05, 4.69) is 10.3 Å². The highest BCUT2D eigenvalue weighted by Crippen LogP contribution is 2.26. The molecule has 0 fully saturated rings. The first-order valence-electron chi connectivity index (χ1n) is 5.99. The van der Waals surface area contributed by atoms with Crippen LogP contribution in [0.2, 0.25) is 0 Å². The van der Waals surface area contributed by atoms with Crippen LogP contribution in [0.15, 0.2) is 12.3 Å². The summed E-state index contributed by atoms with van der Waals surface area (Å²) in [6.45, 7) is 4.18. The fourth-order valence-corrected chi connectivity index (χ4v) is 1.56. The van der Waals surface area contributed by atoms with E-state index in [9.17, 15) is 14.9 Å². The number of carboxylic acid groups (broad SMARTS) is 1. The van der Waals surface area contributed by atoms with Gasteiger partial charge < -0.3 is 15.5 Å². The van der Waals surface area contributed by atoms with Crippen molar-refractivity contribution in [3.63, 3.8) is 0 Å². The van der Waals surface area contributed by atoms with Crippen LogP contribution in [0.3, 0.4) is 0 Å². The number of carbonyl (C=O) groups is 1. The Balaban J connectivity index is 2.95. The first-order chi connectivity index (χ1) is 9.26. The molecule has 0 amide bonds. The molecule has 1 rings (SSSR count). The summed E-state index contributed by atoms with van der Waals surface area (Å²) in [6, 6.07) is 0.969. The second kappa shape index (κ2) is 6.29. The van der Waals surface area contributed by atoms with Gasteiger partial charge in [-0.25, -0.2) is 9.78 Å². The van der Waals surface area contributed by atoms with Gasteiger partial charge in [-0.1, -0.05) is 13.8 Å². The van der Waals surface area contributed by atoms with E-state index >= 15 is 0 Å². The fraction of sp³-hybridized carbons (Fsp3) is 0.500. The van der Waals surface area contributed by atoms with E-state index in [0.29, 0.717) is 13.0 Å². The molecule has 8 nitrogen and oxygen atoms in total. The number of nitrogens with zero attached hydrogens (tertiary/aromatic N) is 2. The molecular formula is C12H17N3O5. The predicted octanol–water partition coefficient (Wildman–Crippen LogP) is 1.51. The molecule has 0 atom stereocenters. The lowest BCUT2D eigenvalue weighted by Crippen LogP contribution is -2.25. The third-order valence-corrected chi connectivity index (χ3v) is 2.83. The number of pyridine rings is 1. The quantitative estimate of drug-likeness (QED) is 0.511. The Bertz CT molecular complexity index is 516. The molecule has 0 saturated carbocycles. The van der Waals surface area contributed by atoms with Gasteiger partial charge in [-0.2, -0.15) is 0 Å². The molecule has 1 aromatic heterocycles. The number of aliphatic hydroxyl groups is 1. The summed E-state index contributed by atoms with van der Waals surface area (Å²) in [5.41, 5.74) is -0.892. The van der Waals surface area contributed by atoms with Crippen LogP contribution in [0, 0.1) is 15.5 Å². The van der Waals surface area contributed by atoms with E-state index in [4.69, 9.17) is 10.2 Å². The molecule has 3 N–H and O–H groups in total. The maximum absolute atomic E-state index is 10.9. The lowest BCUT2D eigenvalue weighted by atomic mass is 9.90. The second-order valence-electron chi connectivity index (χ2n) is 5.15. The molecule has 0 aliphatic heterocycles. The molecule has 0 radical (unpaired) electrons. The molecule has 0 aromatic carbocycles. The van der Waals surface area contributed by atoms with E-state index in [1.165, 1.54) is 0 Å². The second-order valence-corrected chi connectivity index (χ2v) is 5.15. The van der Waals surface area contributed by atoms with E-state index in [1.54, 1.807) is 0 Å². The summed E-state index contributed by atoms with van der Waals surface area (Å²) in [6.07, 6.45) is 1.59. The zero-order valence-corrected chi connectivity index (χ0v) is 11.3. The predicted molar refractivity (Wildman–Crippen MR) is 71.8 cm³/mol. The molecule has 8 heteroatoms. The van der Waals surface area contributed by atoms with Gasteiger partial charge in [0.1, 0.15) is 0 Å². The summed E-state index contributed by atoms with van der Waals surface area (Å²) >= 11 is 0. The lowest BCUT2D eigenvalue weighted by Gasteiger charge is -2.24. The number of nitro groups is 1. The minimum Gasteiger partial charge on any atom is -0.478 e. The number of anilines is 1. The molecular weight excluding hydrogens is 266 g/mol. The number of hydrogen-bond acceptors (Lipinski definition) is 6. The van der Waals surface area contributed by atoms with Crippen molar-refractivity contribution in [3.05, 3.63) is 27.9 Å². The van der Waals surface area contributed by atoms with Crippen molar-refractivity contribution in [2.45, 2.75) is 20.3 Å². The average Bonchev–Trinajstić information content (AvgIpc) is 2.36. The van der Waals surface area contributed by atoms with Crippen LogP contribution in [0.4, 0.5) is 11.5 Å². The molecule has 0 bridgehead atoms. The van der Waals surface area contributed by atoms with Gasteiger partial charge in [-0.15, -0.1) is 0 Å². The Kier molecular flexibility index (Phi) is 4.98. The van der Waals surface area contributed by atoms with E-state index < -0.39 is 10.9 Å². The molecule has 1 aromatic rings. The smallest absolute Gasteiger partial charge is 0.337 e. The summed E-state index contributed by atoms with van der Waals surface area (Å²) in [5, 5.41) is 31.5. The summed E-state index contributed by atoms with van der Waals surface area (Å²) < 4.78 is 0. The van der Waals surface area contributed by atoms with Gasteiger partial charge in [-0.3, -0.25) is 10.1 Å². The van der Waals surface area contributed by atoms with E-state index in [0.717, 1.165) is 12.3 Å². The van der Waals surface area contributed by atoms with E-state index in [-0.39, 0.29) is 29.1 Å². The SMILES string of the molecule is CC(C)(CCO)CNc1ncc(C(=O)O)cc1[N+](=O)[O-]. The van der Waals surface area contributed by atoms with Crippen molar-refractivity contribution < 1.29 is 19.9 Å². The van der Waals surface area contributed by atoms with Crippen molar-refractivity contribution in [2.24, 2.45) is 5.41 Å². The fourth-order valence-electron chi connectivity index (χ4n) is 1.56. The molecule has 0 unspecified atom stereocenters. The van der Waals surface area contributed by atoms with Crippen molar-refractivity contribution in [1.82, 2.24) is 4.98 Å². The maximum Gasteiger partial charge on any atom is 0.337 e. The highest BCUT2D eigenvalue weighted by molar-refractivity contribution is 5.88. The number of aromatic carboxylic acids is 1. The minimum atomic E-state index is -1.27. The third kappa shape index (κ3) is 4.16. The minimum absolute atomic E-state index is 0.0160. The number of rotatable bonds is 7. The lowest BCUT2D eigenvalue weighted by molar-refractivity contribution is -0.384. The van der Waals surface area contributed by atoms with Crippen LogP contribution in [0.25, 0.3) is 0 Å². The topological polar surface area (TPSA) is 126 Å². The molecule has 0 spiro atoms. The van der Waals surface area contributed by atoms with Crippen LogP contribution < -0.4 is 5.32 Å². The molecule has 0 aliphatic carbocycles. The summed E-state index contributed by atoms with van der Waals surface area (Å²) in [7, 11) is 0. The van der Waals surface area contributed by atoms with Crippen LogP contribution in [0.5, 0.6) is 0 Å². The Labute approximate surface area is 115 Å². The molecule has 110 valence electrons. The number of aromatic nitrogens is 1. The highest BCUT2D eigenvalue weighted by Gasteiger charge is 2.22. The monoisotopic (exact) mass is 283 g/mol. The Morgan fingerprint density at radius 2 is 2.20 bits per heavy atom. The van der Waals surface area contributed by atoms with Gasteiger partial charge in [0.2, 0.25) is 5.82 Å². The summed E-state index contributed by atoms with van der Waals surface area (Å²) in [5.74, 6) is -1.25. The first kappa shape index (κ1) is 15.8. The van der Waals surface area contributed by atoms with Crippen LogP contribution in [-0.4, -0.2) is 39.2 Å². The molecule has 0 saturated heterocycles. The van der Waals surface area contributed by atoms with Gasteiger partial charge >= 0.3 is 11.7 Å². The number of aliphatic hydroxyl groups excluding tert-OH is 1. The third-order valence-electron chi connectivity index (χ3n) is 2.83. The Morgan fingerprint density at radius 1 is 1.55 bits per heavy atom.